The Morgan fingerprint density at radius 3 is 1.71 bits per heavy atom. The monoisotopic (exact) mass is 218 g/mol. The number of hydrogen-bond donors (Lipinski definition) is 0. The van der Waals surface area contributed by atoms with E-state index in [4.69, 9.17) is 9.47 Å². The summed E-state index contributed by atoms with van der Waals surface area (Å²) in [4.78, 5) is 0. The van der Waals surface area contributed by atoms with Gasteiger partial charge in [0.1, 0.15) is 0 Å². The molecule has 0 heterocycles. The molecule has 0 spiro atoms. The molecule has 14 heavy (non-hydrogen) atoms. The van der Waals surface area contributed by atoms with Crippen LogP contribution in [0.4, 0.5) is 0 Å². The summed E-state index contributed by atoms with van der Waals surface area (Å²) in [6.07, 6.45) is 4.72. The van der Waals surface area contributed by atoms with Crippen molar-refractivity contribution >= 4 is 10.2 Å². The highest BCUT2D eigenvalue weighted by atomic mass is 28.1. The summed E-state index contributed by atoms with van der Waals surface area (Å²) in [7, 11) is 1.14. The van der Waals surface area contributed by atoms with Crippen LogP contribution in [0, 0.1) is 0 Å². The predicted octanol–water partition coefficient (Wildman–Crippen LogP) is 2.12. The average Bonchev–Trinajstić information content (AvgIpc) is 2.15. The summed E-state index contributed by atoms with van der Waals surface area (Å²) in [5.41, 5.74) is 0.587. The van der Waals surface area contributed by atoms with E-state index in [1.54, 1.807) is 0 Å². The highest BCUT2D eigenvalue weighted by molar-refractivity contribution is 6.11. The van der Waals surface area contributed by atoms with Gasteiger partial charge in [0, 0.05) is 23.5 Å². The van der Waals surface area contributed by atoms with E-state index in [1.807, 2.05) is 0 Å². The van der Waals surface area contributed by atoms with Gasteiger partial charge in [0.15, 0.2) is 6.29 Å². The van der Waals surface area contributed by atoms with Crippen LogP contribution in [0.15, 0.2) is 0 Å². The third-order valence-corrected chi connectivity index (χ3v) is 2.65. The second-order valence-electron chi connectivity index (χ2n) is 4.06. The van der Waals surface area contributed by atoms with E-state index in [-0.39, 0.29) is 6.29 Å². The van der Waals surface area contributed by atoms with Gasteiger partial charge in [0.25, 0.3) is 0 Å². The Bertz CT molecular complexity index is 108. The standard InChI is InChI=1S/C11H26O2Si/c1-4-6-8-12-11(10(3)14)13-9-7-5-2/h10-11H,4-9H2,1-3,14H3. The van der Waals surface area contributed by atoms with Crippen molar-refractivity contribution in [2.45, 2.75) is 58.3 Å². The molecule has 0 aliphatic rings. The fraction of sp³-hybridized carbons (Fsp3) is 1.00. The molecule has 1 atom stereocenters. The molecule has 0 rings (SSSR count). The molecule has 0 fully saturated rings. The first-order valence-electron chi connectivity index (χ1n) is 5.95. The van der Waals surface area contributed by atoms with Crippen LogP contribution in [-0.2, 0) is 9.47 Å². The topological polar surface area (TPSA) is 18.5 Å². The highest BCUT2D eigenvalue weighted by Crippen LogP contribution is 2.12. The molecule has 0 aliphatic heterocycles. The van der Waals surface area contributed by atoms with Crippen molar-refractivity contribution in [3.63, 3.8) is 0 Å². The molecule has 0 radical (unpaired) electrons. The quantitative estimate of drug-likeness (QED) is 0.335. The number of rotatable bonds is 9. The SMILES string of the molecule is CCCCOC(OCCCC)C(C)[SiH3]. The Labute approximate surface area is 91.8 Å². The van der Waals surface area contributed by atoms with Crippen LogP contribution in [0.3, 0.4) is 0 Å². The molecule has 3 heteroatoms. The highest BCUT2D eigenvalue weighted by Gasteiger charge is 2.13. The Morgan fingerprint density at radius 2 is 1.43 bits per heavy atom. The molecule has 0 saturated heterocycles. The smallest absolute Gasteiger partial charge is 0.156 e. The maximum absolute atomic E-state index is 5.70. The lowest BCUT2D eigenvalue weighted by Gasteiger charge is -2.21. The second kappa shape index (κ2) is 9.68. The molecule has 0 bridgehead atoms. The maximum atomic E-state index is 5.70. The van der Waals surface area contributed by atoms with Gasteiger partial charge in [0.2, 0.25) is 0 Å². The van der Waals surface area contributed by atoms with Crippen molar-refractivity contribution in [2.75, 3.05) is 13.2 Å². The molecule has 0 aromatic rings. The third-order valence-electron chi connectivity index (χ3n) is 2.10. The van der Waals surface area contributed by atoms with E-state index < -0.39 is 0 Å². The van der Waals surface area contributed by atoms with Crippen LogP contribution in [0.1, 0.15) is 46.5 Å². The lowest BCUT2D eigenvalue weighted by molar-refractivity contribution is -0.143. The average molecular weight is 218 g/mol. The van der Waals surface area contributed by atoms with Crippen molar-refractivity contribution in [3.8, 4) is 0 Å². The van der Waals surface area contributed by atoms with Gasteiger partial charge in [-0.15, -0.1) is 0 Å². The molecule has 0 aliphatic carbocycles. The normalized spacial score (nSPS) is 13.7. The number of unbranched alkanes of at least 4 members (excludes halogenated alkanes) is 2. The van der Waals surface area contributed by atoms with Crippen LogP contribution >= 0.6 is 0 Å². The molecule has 86 valence electrons. The summed E-state index contributed by atoms with van der Waals surface area (Å²) in [5.74, 6) is 0. The molecule has 0 aromatic heterocycles. The van der Waals surface area contributed by atoms with Crippen molar-refractivity contribution in [1.82, 2.24) is 0 Å². The lowest BCUT2D eigenvalue weighted by atomic mass is 10.3. The Morgan fingerprint density at radius 1 is 1.00 bits per heavy atom. The fourth-order valence-electron chi connectivity index (χ4n) is 1.12. The molecule has 1 unspecified atom stereocenters. The summed E-state index contributed by atoms with van der Waals surface area (Å²) in [6, 6.07) is 0. The van der Waals surface area contributed by atoms with E-state index >= 15 is 0 Å². The first kappa shape index (κ1) is 14.1. The van der Waals surface area contributed by atoms with Gasteiger partial charge >= 0.3 is 0 Å². The molecule has 0 amide bonds. The third kappa shape index (κ3) is 7.53. The van der Waals surface area contributed by atoms with Crippen molar-refractivity contribution in [3.05, 3.63) is 0 Å². The van der Waals surface area contributed by atoms with Crippen LogP contribution in [-0.4, -0.2) is 29.7 Å². The molecule has 0 aromatic carbocycles. The van der Waals surface area contributed by atoms with Crippen molar-refractivity contribution in [1.29, 1.82) is 0 Å². The zero-order valence-corrected chi connectivity index (χ0v) is 12.2. The van der Waals surface area contributed by atoms with Crippen molar-refractivity contribution < 1.29 is 9.47 Å². The lowest BCUT2D eigenvalue weighted by Crippen LogP contribution is -2.23. The van der Waals surface area contributed by atoms with Gasteiger partial charge in [-0.05, 0) is 18.4 Å². The molecular formula is C11H26O2Si. The van der Waals surface area contributed by atoms with Gasteiger partial charge in [-0.1, -0.05) is 33.6 Å². The number of ether oxygens (including phenoxy) is 2. The zero-order chi connectivity index (χ0) is 10.8. The summed E-state index contributed by atoms with van der Waals surface area (Å²) in [6.45, 7) is 8.26. The van der Waals surface area contributed by atoms with E-state index in [0.717, 1.165) is 36.3 Å². The van der Waals surface area contributed by atoms with Crippen LogP contribution < -0.4 is 0 Å². The predicted molar refractivity (Wildman–Crippen MR) is 64.9 cm³/mol. The molecule has 0 saturated carbocycles. The first-order valence-corrected chi connectivity index (χ1v) is 7.11. The van der Waals surface area contributed by atoms with E-state index in [0.29, 0.717) is 5.54 Å². The van der Waals surface area contributed by atoms with E-state index in [2.05, 4.69) is 20.8 Å². The number of hydrogen-bond acceptors (Lipinski definition) is 2. The minimum Gasteiger partial charge on any atom is -0.353 e. The van der Waals surface area contributed by atoms with Gasteiger partial charge in [-0.25, -0.2) is 0 Å². The maximum Gasteiger partial charge on any atom is 0.156 e. The van der Waals surface area contributed by atoms with Gasteiger partial charge in [-0.3, -0.25) is 0 Å². The summed E-state index contributed by atoms with van der Waals surface area (Å²) >= 11 is 0. The van der Waals surface area contributed by atoms with Gasteiger partial charge in [-0.2, -0.15) is 0 Å². The second-order valence-corrected chi connectivity index (χ2v) is 5.88. The molecule has 0 N–H and O–H groups in total. The van der Waals surface area contributed by atoms with E-state index in [9.17, 15) is 0 Å². The Kier molecular flexibility index (Phi) is 9.78. The minimum absolute atomic E-state index is 0.0553. The largest absolute Gasteiger partial charge is 0.353 e. The summed E-state index contributed by atoms with van der Waals surface area (Å²) in [5, 5.41) is 0. The van der Waals surface area contributed by atoms with Gasteiger partial charge < -0.3 is 9.47 Å². The van der Waals surface area contributed by atoms with Crippen LogP contribution in [0.25, 0.3) is 0 Å². The minimum atomic E-state index is 0.0553. The van der Waals surface area contributed by atoms with Crippen LogP contribution in [0.5, 0.6) is 0 Å². The Balaban J connectivity index is 3.55. The zero-order valence-electron chi connectivity index (χ0n) is 10.2. The van der Waals surface area contributed by atoms with Gasteiger partial charge in [0.05, 0.1) is 0 Å². The summed E-state index contributed by atoms with van der Waals surface area (Å²) < 4.78 is 11.4. The first-order chi connectivity index (χ1) is 6.72. The molecular weight excluding hydrogens is 192 g/mol. The van der Waals surface area contributed by atoms with Crippen molar-refractivity contribution in [2.24, 2.45) is 0 Å². The Hall–Kier alpha value is 0.137. The molecule has 2 nitrogen and oxygen atoms in total. The van der Waals surface area contributed by atoms with E-state index in [1.165, 1.54) is 12.8 Å². The fourth-order valence-corrected chi connectivity index (χ4v) is 1.51. The van der Waals surface area contributed by atoms with Crippen LogP contribution in [0.2, 0.25) is 5.54 Å².